The van der Waals surface area contributed by atoms with Gasteiger partial charge in [-0.15, -0.1) is 5.10 Å². The SMILES string of the molecule is CC(=O)N1CCN(c2ncnc3c2nnn3-c2ccccc2)CC1. The molecule has 1 aromatic carbocycles. The van der Waals surface area contributed by atoms with Gasteiger partial charge in [0.15, 0.2) is 17.0 Å². The predicted molar refractivity (Wildman–Crippen MR) is 88.9 cm³/mol. The summed E-state index contributed by atoms with van der Waals surface area (Å²) in [5.41, 5.74) is 2.27. The minimum atomic E-state index is 0.109. The number of carbonyl (C=O) groups excluding carboxylic acids is 1. The van der Waals surface area contributed by atoms with E-state index in [0.717, 1.165) is 24.6 Å². The number of carbonyl (C=O) groups is 1. The molecule has 1 aliphatic rings. The summed E-state index contributed by atoms with van der Waals surface area (Å²) in [6.07, 6.45) is 1.54. The van der Waals surface area contributed by atoms with Crippen molar-refractivity contribution >= 4 is 22.9 Å². The first-order chi connectivity index (χ1) is 11.7. The van der Waals surface area contributed by atoms with Crippen molar-refractivity contribution in [1.82, 2.24) is 29.9 Å². The molecule has 0 N–H and O–H groups in total. The van der Waals surface area contributed by atoms with Gasteiger partial charge in [-0.1, -0.05) is 23.4 Å². The van der Waals surface area contributed by atoms with E-state index in [1.54, 1.807) is 11.6 Å². The fourth-order valence-corrected chi connectivity index (χ4v) is 2.94. The van der Waals surface area contributed by atoms with Crippen molar-refractivity contribution in [2.45, 2.75) is 6.92 Å². The van der Waals surface area contributed by atoms with Crippen molar-refractivity contribution in [3.05, 3.63) is 36.7 Å². The standard InChI is InChI=1S/C16H17N7O/c1-12(24)21-7-9-22(10-8-21)15-14-16(18-11-17-15)23(20-19-14)13-5-3-2-4-6-13/h2-6,11H,7-10H2,1H3. The average Bonchev–Trinajstić information content (AvgIpc) is 3.06. The Morgan fingerprint density at radius 3 is 2.50 bits per heavy atom. The van der Waals surface area contributed by atoms with Crippen LogP contribution in [-0.2, 0) is 4.79 Å². The van der Waals surface area contributed by atoms with Crippen LogP contribution < -0.4 is 4.90 Å². The lowest BCUT2D eigenvalue weighted by Crippen LogP contribution is -2.48. The number of amides is 1. The average molecular weight is 323 g/mol. The molecule has 3 aromatic rings. The van der Waals surface area contributed by atoms with E-state index in [2.05, 4.69) is 25.2 Å². The number of piperazine rings is 1. The maximum Gasteiger partial charge on any atom is 0.219 e. The molecule has 8 heteroatoms. The van der Waals surface area contributed by atoms with Crippen LogP contribution in [0.2, 0.25) is 0 Å². The maximum atomic E-state index is 11.5. The van der Waals surface area contributed by atoms with Gasteiger partial charge in [0, 0.05) is 33.1 Å². The third-order valence-corrected chi connectivity index (χ3v) is 4.24. The molecule has 3 heterocycles. The van der Waals surface area contributed by atoms with Crippen LogP contribution in [0.1, 0.15) is 6.92 Å². The Bertz CT molecular complexity index is 869. The molecule has 0 saturated carbocycles. The van der Waals surface area contributed by atoms with Gasteiger partial charge in [0.1, 0.15) is 6.33 Å². The van der Waals surface area contributed by atoms with E-state index in [1.165, 1.54) is 6.33 Å². The van der Waals surface area contributed by atoms with Gasteiger partial charge in [-0.05, 0) is 12.1 Å². The summed E-state index contributed by atoms with van der Waals surface area (Å²) < 4.78 is 1.71. The number of para-hydroxylation sites is 1. The Hall–Kier alpha value is -3.03. The molecule has 0 spiro atoms. The van der Waals surface area contributed by atoms with Crippen LogP contribution in [0.4, 0.5) is 5.82 Å². The van der Waals surface area contributed by atoms with Crippen LogP contribution in [-0.4, -0.2) is 61.9 Å². The summed E-state index contributed by atoms with van der Waals surface area (Å²) in [5.74, 6) is 0.878. The van der Waals surface area contributed by atoms with E-state index in [1.807, 2.05) is 35.2 Å². The molecule has 122 valence electrons. The molecule has 0 atom stereocenters. The summed E-state index contributed by atoms with van der Waals surface area (Å²) in [6, 6.07) is 9.78. The molecule has 4 rings (SSSR count). The Morgan fingerprint density at radius 2 is 1.79 bits per heavy atom. The second-order valence-corrected chi connectivity index (χ2v) is 5.70. The predicted octanol–water partition coefficient (Wildman–Crippen LogP) is 0.879. The Labute approximate surface area is 138 Å². The van der Waals surface area contributed by atoms with Crippen LogP contribution in [0, 0.1) is 0 Å². The highest BCUT2D eigenvalue weighted by Crippen LogP contribution is 2.23. The largest absolute Gasteiger partial charge is 0.351 e. The van der Waals surface area contributed by atoms with E-state index in [0.29, 0.717) is 24.3 Å². The molecule has 2 aromatic heterocycles. The molecule has 1 saturated heterocycles. The van der Waals surface area contributed by atoms with Crippen LogP contribution in [0.15, 0.2) is 36.7 Å². The van der Waals surface area contributed by atoms with E-state index in [4.69, 9.17) is 0 Å². The summed E-state index contributed by atoms with van der Waals surface area (Å²) >= 11 is 0. The number of fused-ring (bicyclic) bond motifs is 1. The highest BCUT2D eigenvalue weighted by Gasteiger charge is 2.23. The molecular formula is C16H17N7O. The summed E-state index contributed by atoms with van der Waals surface area (Å²) in [6.45, 7) is 4.43. The Balaban J connectivity index is 1.68. The number of benzene rings is 1. The molecule has 0 radical (unpaired) electrons. The number of hydrogen-bond acceptors (Lipinski definition) is 6. The van der Waals surface area contributed by atoms with Gasteiger partial charge in [-0.25, -0.2) is 9.97 Å². The van der Waals surface area contributed by atoms with Crippen molar-refractivity contribution in [2.24, 2.45) is 0 Å². The highest BCUT2D eigenvalue weighted by atomic mass is 16.2. The molecule has 8 nitrogen and oxygen atoms in total. The van der Waals surface area contributed by atoms with Crippen molar-refractivity contribution in [2.75, 3.05) is 31.1 Å². The van der Waals surface area contributed by atoms with Crippen molar-refractivity contribution in [3.8, 4) is 5.69 Å². The third-order valence-electron chi connectivity index (χ3n) is 4.24. The van der Waals surface area contributed by atoms with E-state index in [9.17, 15) is 4.79 Å². The molecule has 1 aliphatic heterocycles. The fraction of sp³-hybridized carbons (Fsp3) is 0.312. The van der Waals surface area contributed by atoms with Crippen LogP contribution in [0.25, 0.3) is 16.9 Å². The lowest BCUT2D eigenvalue weighted by molar-refractivity contribution is -0.129. The van der Waals surface area contributed by atoms with Gasteiger partial charge < -0.3 is 9.80 Å². The lowest BCUT2D eigenvalue weighted by atomic mass is 10.3. The van der Waals surface area contributed by atoms with Crippen molar-refractivity contribution in [1.29, 1.82) is 0 Å². The number of nitrogens with zero attached hydrogens (tertiary/aromatic N) is 7. The topological polar surface area (TPSA) is 80.0 Å². The molecule has 1 fully saturated rings. The van der Waals surface area contributed by atoms with Gasteiger partial charge >= 0.3 is 0 Å². The van der Waals surface area contributed by atoms with Gasteiger partial charge in [0.2, 0.25) is 5.91 Å². The van der Waals surface area contributed by atoms with Crippen molar-refractivity contribution in [3.63, 3.8) is 0 Å². The van der Waals surface area contributed by atoms with Crippen molar-refractivity contribution < 1.29 is 4.79 Å². The normalized spacial score (nSPS) is 15.0. The summed E-state index contributed by atoms with van der Waals surface area (Å²) in [4.78, 5) is 24.2. The summed E-state index contributed by atoms with van der Waals surface area (Å²) in [7, 11) is 0. The number of anilines is 1. The Morgan fingerprint density at radius 1 is 1.04 bits per heavy atom. The first kappa shape index (κ1) is 14.6. The minimum absolute atomic E-state index is 0.109. The number of aromatic nitrogens is 5. The van der Waals surface area contributed by atoms with Crippen LogP contribution in [0.5, 0.6) is 0 Å². The number of hydrogen-bond donors (Lipinski definition) is 0. The molecule has 0 aliphatic carbocycles. The monoisotopic (exact) mass is 323 g/mol. The second kappa shape index (κ2) is 5.88. The molecular weight excluding hydrogens is 306 g/mol. The van der Waals surface area contributed by atoms with Gasteiger partial charge in [0.25, 0.3) is 0 Å². The van der Waals surface area contributed by atoms with Gasteiger partial charge in [0.05, 0.1) is 5.69 Å². The lowest BCUT2D eigenvalue weighted by Gasteiger charge is -2.34. The fourth-order valence-electron chi connectivity index (χ4n) is 2.94. The molecule has 24 heavy (non-hydrogen) atoms. The quantitative estimate of drug-likeness (QED) is 0.696. The Kier molecular flexibility index (Phi) is 3.56. The first-order valence-corrected chi connectivity index (χ1v) is 7.86. The zero-order valence-electron chi connectivity index (χ0n) is 13.3. The molecule has 0 unspecified atom stereocenters. The van der Waals surface area contributed by atoms with E-state index < -0.39 is 0 Å². The van der Waals surface area contributed by atoms with Gasteiger partial charge in [-0.3, -0.25) is 4.79 Å². The first-order valence-electron chi connectivity index (χ1n) is 7.86. The zero-order valence-corrected chi connectivity index (χ0v) is 13.3. The second-order valence-electron chi connectivity index (χ2n) is 5.70. The van der Waals surface area contributed by atoms with E-state index >= 15 is 0 Å². The summed E-state index contributed by atoms with van der Waals surface area (Å²) in [5, 5.41) is 8.53. The van der Waals surface area contributed by atoms with E-state index in [-0.39, 0.29) is 5.91 Å². The highest BCUT2D eigenvalue weighted by molar-refractivity contribution is 5.83. The molecule has 1 amide bonds. The molecule has 0 bridgehead atoms. The van der Waals surface area contributed by atoms with Gasteiger partial charge in [-0.2, -0.15) is 4.68 Å². The van der Waals surface area contributed by atoms with Crippen LogP contribution in [0.3, 0.4) is 0 Å². The number of rotatable bonds is 2. The third kappa shape index (κ3) is 2.45. The van der Waals surface area contributed by atoms with Crippen LogP contribution >= 0.6 is 0 Å². The maximum absolute atomic E-state index is 11.5. The zero-order chi connectivity index (χ0) is 16.5. The minimum Gasteiger partial charge on any atom is -0.351 e. The smallest absolute Gasteiger partial charge is 0.219 e.